The van der Waals surface area contributed by atoms with E-state index in [1.165, 1.54) is 19.1 Å². The van der Waals surface area contributed by atoms with E-state index >= 15 is 0 Å². The van der Waals surface area contributed by atoms with E-state index in [1.807, 2.05) is 0 Å². The van der Waals surface area contributed by atoms with E-state index in [4.69, 9.17) is 5.11 Å². The van der Waals surface area contributed by atoms with Crippen LogP contribution in [0.1, 0.15) is 12.5 Å². The van der Waals surface area contributed by atoms with Crippen LogP contribution >= 0.6 is 0 Å². The molecule has 2 N–H and O–H groups in total. The molecule has 0 saturated carbocycles. The third-order valence-electron chi connectivity index (χ3n) is 2.01. The highest BCUT2D eigenvalue weighted by molar-refractivity contribution is 7.89. The Labute approximate surface area is 94.2 Å². The van der Waals surface area contributed by atoms with Crippen molar-refractivity contribution in [2.45, 2.75) is 24.8 Å². The number of sulfonamides is 1. The third kappa shape index (κ3) is 3.26. The van der Waals surface area contributed by atoms with Gasteiger partial charge in [0.2, 0.25) is 10.0 Å². The molecule has 0 aliphatic heterocycles. The molecule has 90 valence electrons. The molecule has 0 radical (unpaired) electrons. The fourth-order valence-corrected chi connectivity index (χ4v) is 2.55. The Morgan fingerprint density at radius 3 is 2.69 bits per heavy atom. The molecule has 1 rings (SSSR count). The van der Waals surface area contributed by atoms with E-state index in [9.17, 15) is 12.8 Å². The van der Waals surface area contributed by atoms with Crippen molar-refractivity contribution in [2.24, 2.45) is 0 Å². The molecule has 0 saturated heterocycles. The van der Waals surface area contributed by atoms with Gasteiger partial charge in [0.05, 0.1) is 11.0 Å². The lowest BCUT2D eigenvalue weighted by molar-refractivity contribution is 0.198. The summed E-state index contributed by atoms with van der Waals surface area (Å²) in [5, 5.41) is 8.99. The molecule has 1 aromatic carbocycles. The Hall–Kier alpha value is -0.980. The predicted octanol–water partition coefficient (Wildman–Crippen LogP) is 0.793. The van der Waals surface area contributed by atoms with Crippen LogP contribution in [0.2, 0.25) is 0 Å². The van der Waals surface area contributed by atoms with Gasteiger partial charge in [0.15, 0.2) is 0 Å². The normalized spacial score (nSPS) is 13.8. The Bertz CT molecular complexity index is 471. The van der Waals surface area contributed by atoms with E-state index in [1.54, 1.807) is 6.92 Å². The Morgan fingerprint density at radius 2 is 2.12 bits per heavy atom. The number of aliphatic hydroxyl groups excluding tert-OH is 1. The summed E-state index contributed by atoms with van der Waals surface area (Å²) in [5.41, 5.74) is 0.458. The van der Waals surface area contributed by atoms with Crippen LogP contribution in [-0.4, -0.2) is 26.2 Å². The van der Waals surface area contributed by atoms with Gasteiger partial charge in [-0.25, -0.2) is 17.5 Å². The zero-order chi connectivity index (χ0) is 12.3. The first kappa shape index (κ1) is 13.1. The van der Waals surface area contributed by atoms with E-state index in [0.717, 1.165) is 6.07 Å². The lowest BCUT2D eigenvalue weighted by Gasteiger charge is -2.10. The molecule has 1 atom stereocenters. The molecule has 0 amide bonds. The van der Waals surface area contributed by atoms with Crippen LogP contribution in [0, 0.1) is 12.7 Å². The summed E-state index contributed by atoms with van der Waals surface area (Å²) < 4.78 is 38.6. The molecule has 0 aliphatic rings. The van der Waals surface area contributed by atoms with Crippen LogP contribution in [0.4, 0.5) is 4.39 Å². The molecule has 0 aliphatic carbocycles. The molecule has 4 nitrogen and oxygen atoms in total. The molecule has 6 heteroatoms. The topological polar surface area (TPSA) is 66.4 Å². The lowest BCUT2D eigenvalue weighted by atomic mass is 10.2. The number of aliphatic hydroxyl groups is 1. The molecular weight excluding hydrogens is 233 g/mol. The van der Waals surface area contributed by atoms with E-state index in [0.29, 0.717) is 5.56 Å². The Balaban J connectivity index is 3.02. The van der Waals surface area contributed by atoms with E-state index in [2.05, 4.69) is 4.72 Å². The van der Waals surface area contributed by atoms with Crippen molar-refractivity contribution in [3.05, 3.63) is 29.6 Å². The summed E-state index contributed by atoms with van der Waals surface area (Å²) in [4.78, 5) is -0.104. The van der Waals surface area contributed by atoms with Crippen molar-refractivity contribution in [3.8, 4) is 0 Å². The molecule has 0 fully saturated rings. The van der Waals surface area contributed by atoms with Crippen LogP contribution < -0.4 is 4.72 Å². The predicted molar refractivity (Wildman–Crippen MR) is 58.0 cm³/mol. The Kier molecular flexibility index (Phi) is 4.01. The lowest BCUT2D eigenvalue weighted by Crippen LogP contribution is -2.31. The van der Waals surface area contributed by atoms with Gasteiger partial charge >= 0.3 is 0 Å². The molecule has 1 aromatic rings. The van der Waals surface area contributed by atoms with Crippen molar-refractivity contribution in [1.29, 1.82) is 0 Å². The first-order valence-corrected chi connectivity index (χ1v) is 6.25. The molecule has 0 spiro atoms. The summed E-state index contributed by atoms with van der Waals surface area (Å²) in [6.45, 7) is 2.94. The van der Waals surface area contributed by atoms with Crippen molar-refractivity contribution in [3.63, 3.8) is 0 Å². The highest BCUT2D eigenvalue weighted by Gasteiger charge is 2.17. The van der Waals surface area contributed by atoms with Crippen molar-refractivity contribution in [2.75, 3.05) is 6.54 Å². The second-order valence-electron chi connectivity index (χ2n) is 3.61. The number of hydrogen-bond acceptors (Lipinski definition) is 3. The maximum Gasteiger partial charge on any atom is 0.241 e. The minimum Gasteiger partial charge on any atom is -0.392 e. The summed E-state index contributed by atoms with van der Waals surface area (Å²) in [7, 11) is -3.76. The molecule has 1 unspecified atom stereocenters. The summed E-state index contributed by atoms with van der Waals surface area (Å²) in [6, 6.07) is 3.55. The van der Waals surface area contributed by atoms with E-state index in [-0.39, 0.29) is 11.4 Å². The average molecular weight is 247 g/mol. The van der Waals surface area contributed by atoms with Gasteiger partial charge in [0, 0.05) is 6.54 Å². The minimum absolute atomic E-state index is 0.0989. The van der Waals surface area contributed by atoms with Gasteiger partial charge in [-0.15, -0.1) is 0 Å². The highest BCUT2D eigenvalue weighted by atomic mass is 32.2. The smallest absolute Gasteiger partial charge is 0.241 e. The van der Waals surface area contributed by atoms with Gasteiger partial charge in [-0.2, -0.15) is 0 Å². The SMILES string of the molecule is Cc1ccc(F)cc1S(=O)(=O)NCC(C)O. The number of aryl methyl sites for hydroxylation is 1. The first-order valence-electron chi connectivity index (χ1n) is 4.77. The summed E-state index contributed by atoms with van der Waals surface area (Å²) >= 11 is 0. The molecule has 0 aromatic heterocycles. The van der Waals surface area contributed by atoms with Crippen LogP contribution in [0.5, 0.6) is 0 Å². The zero-order valence-electron chi connectivity index (χ0n) is 9.07. The summed E-state index contributed by atoms with van der Waals surface area (Å²) in [5.74, 6) is -0.608. The standard InChI is InChI=1S/C10H14FNO3S/c1-7-3-4-9(11)5-10(7)16(14,15)12-6-8(2)13/h3-5,8,12-13H,6H2,1-2H3. The second-order valence-corrected chi connectivity index (χ2v) is 5.35. The fourth-order valence-electron chi connectivity index (χ4n) is 1.17. The number of hydrogen-bond donors (Lipinski definition) is 2. The largest absolute Gasteiger partial charge is 0.392 e. The van der Waals surface area contributed by atoms with Gasteiger partial charge in [-0.1, -0.05) is 6.07 Å². The van der Waals surface area contributed by atoms with Gasteiger partial charge in [-0.05, 0) is 31.5 Å². The van der Waals surface area contributed by atoms with Crippen LogP contribution in [0.3, 0.4) is 0 Å². The second kappa shape index (κ2) is 4.90. The number of halogens is 1. The fraction of sp³-hybridized carbons (Fsp3) is 0.400. The zero-order valence-corrected chi connectivity index (χ0v) is 9.88. The minimum atomic E-state index is -3.76. The van der Waals surface area contributed by atoms with E-state index < -0.39 is 21.9 Å². The molecular formula is C10H14FNO3S. The quantitative estimate of drug-likeness (QED) is 0.826. The van der Waals surface area contributed by atoms with Crippen LogP contribution in [0.15, 0.2) is 23.1 Å². The maximum atomic E-state index is 12.9. The van der Waals surface area contributed by atoms with Crippen molar-refractivity contribution >= 4 is 10.0 Å². The molecule has 0 bridgehead atoms. The average Bonchev–Trinajstić information content (AvgIpc) is 2.19. The van der Waals surface area contributed by atoms with Gasteiger partial charge < -0.3 is 5.11 Å². The summed E-state index contributed by atoms with van der Waals surface area (Å²) in [6.07, 6.45) is -0.788. The highest BCUT2D eigenvalue weighted by Crippen LogP contribution is 2.15. The molecule has 16 heavy (non-hydrogen) atoms. The number of rotatable bonds is 4. The third-order valence-corrected chi connectivity index (χ3v) is 3.57. The number of nitrogens with one attached hydrogen (secondary N) is 1. The van der Waals surface area contributed by atoms with Gasteiger partial charge in [0.1, 0.15) is 5.82 Å². The van der Waals surface area contributed by atoms with Gasteiger partial charge in [-0.3, -0.25) is 0 Å². The Morgan fingerprint density at radius 1 is 1.50 bits per heavy atom. The van der Waals surface area contributed by atoms with Crippen molar-refractivity contribution < 1.29 is 17.9 Å². The molecule has 0 heterocycles. The van der Waals surface area contributed by atoms with Crippen molar-refractivity contribution in [1.82, 2.24) is 4.72 Å². The van der Waals surface area contributed by atoms with Crippen LogP contribution in [0.25, 0.3) is 0 Å². The van der Waals surface area contributed by atoms with Crippen LogP contribution in [-0.2, 0) is 10.0 Å². The monoisotopic (exact) mass is 247 g/mol. The van der Waals surface area contributed by atoms with Gasteiger partial charge in [0.25, 0.3) is 0 Å². The maximum absolute atomic E-state index is 12.9. The first-order chi connectivity index (χ1) is 7.33. The number of benzene rings is 1.